The fraction of sp³-hybridized carbons (Fsp3) is 0.381. The van der Waals surface area contributed by atoms with E-state index in [0.29, 0.717) is 11.8 Å². The molecule has 2 N–H and O–H groups in total. The largest absolute Gasteiger partial charge is 0.489 e. The molecule has 1 radical (unpaired) electrons. The molecule has 1 saturated carbocycles. The Hall–Kier alpha value is -0.616. The van der Waals surface area contributed by atoms with Crippen LogP contribution >= 0.6 is 15.9 Å². The van der Waals surface area contributed by atoms with Crippen LogP contribution in [0.2, 0.25) is 0 Å². The van der Waals surface area contributed by atoms with E-state index in [1.807, 2.05) is 30.3 Å². The Kier molecular flexibility index (Phi) is 11.5. The average Bonchev–Trinajstić information content (AvgIpc) is 3.14. The number of amides is 1. The normalized spacial score (nSPS) is 19.3. The third kappa shape index (κ3) is 7.05. The number of aliphatic hydroxyl groups is 1. The van der Waals surface area contributed by atoms with Crippen LogP contribution in [0.25, 0.3) is 0 Å². The van der Waals surface area contributed by atoms with Crippen LogP contribution in [0.3, 0.4) is 0 Å². The van der Waals surface area contributed by atoms with Crippen molar-refractivity contribution in [3.63, 3.8) is 0 Å². The number of halogens is 1. The van der Waals surface area contributed by atoms with Crippen molar-refractivity contribution >= 4 is 28.0 Å². The molecule has 0 bridgehead atoms. The summed E-state index contributed by atoms with van der Waals surface area (Å²) >= 11 is 3.47. The van der Waals surface area contributed by atoms with E-state index in [1.54, 1.807) is 25.7 Å². The molecule has 1 heterocycles. The minimum atomic E-state index is -0.426. The summed E-state index contributed by atoms with van der Waals surface area (Å²) in [4.78, 5) is 14.5. The van der Waals surface area contributed by atoms with Crippen LogP contribution in [0, 0.1) is 18.8 Å². The third-order valence-corrected chi connectivity index (χ3v) is 5.45. The monoisotopic (exact) mass is 505 g/mol. The van der Waals surface area contributed by atoms with Crippen LogP contribution in [-0.4, -0.2) is 16.5 Å². The van der Waals surface area contributed by atoms with Crippen LogP contribution in [-0.2, 0) is 43.9 Å². The Morgan fingerprint density at radius 2 is 2.15 bits per heavy atom. The molecule has 2 aromatic rings. The van der Waals surface area contributed by atoms with Gasteiger partial charge in [-0.3, -0.25) is 4.98 Å². The molecule has 3 atom stereocenters. The van der Waals surface area contributed by atoms with Gasteiger partial charge in [0.15, 0.2) is 0 Å². The molecule has 1 aliphatic rings. The molecule has 1 aromatic heterocycles. The standard InChI is InChI=1S/C19H20BrN2O2.C2H5.Y/c20-17-10-14(4-6-18(17)22-12-23)8-13-3-5-15(9-13)19(24)16-2-1-7-21-11-16;1-2;/h1-2,4,6-7,10-11,13,15,19,24H,3,5,8-9H2,(H,22,23);1H2,2H3;/q2*-1;/t13?,15-,19-;;/m0../s1. The maximum Gasteiger partial charge on any atom is 0.0833 e. The van der Waals surface area contributed by atoms with Crippen molar-refractivity contribution < 1.29 is 42.6 Å². The van der Waals surface area contributed by atoms with E-state index in [1.165, 1.54) is 5.56 Å². The second-order valence-electron chi connectivity index (χ2n) is 6.42. The van der Waals surface area contributed by atoms with Crippen LogP contribution in [0.1, 0.15) is 43.4 Å². The van der Waals surface area contributed by atoms with Crippen molar-refractivity contribution in [2.24, 2.45) is 11.8 Å². The van der Waals surface area contributed by atoms with Gasteiger partial charge in [0.05, 0.1) is 12.5 Å². The van der Waals surface area contributed by atoms with Gasteiger partial charge in [0.2, 0.25) is 0 Å². The molecule has 1 aliphatic carbocycles. The van der Waals surface area contributed by atoms with Crippen LogP contribution < -0.4 is 5.32 Å². The van der Waals surface area contributed by atoms with Gasteiger partial charge in [-0.05, 0) is 59.2 Å². The molecule has 1 unspecified atom stereocenters. The van der Waals surface area contributed by atoms with Crippen molar-refractivity contribution in [2.45, 2.75) is 38.7 Å². The Morgan fingerprint density at radius 3 is 2.78 bits per heavy atom. The van der Waals surface area contributed by atoms with Gasteiger partial charge in [-0.15, -0.1) is 6.07 Å². The Morgan fingerprint density at radius 1 is 1.37 bits per heavy atom. The van der Waals surface area contributed by atoms with Gasteiger partial charge in [0.1, 0.15) is 0 Å². The molecule has 1 amide bonds. The van der Waals surface area contributed by atoms with E-state index in [9.17, 15) is 9.90 Å². The number of hydrogen-bond acceptors (Lipinski definition) is 3. The van der Waals surface area contributed by atoms with Crippen LogP contribution in [0.4, 0.5) is 5.69 Å². The van der Waals surface area contributed by atoms with E-state index in [0.717, 1.165) is 41.4 Å². The Balaban J connectivity index is 0.00000118. The van der Waals surface area contributed by atoms with Gasteiger partial charge in [-0.2, -0.15) is 6.92 Å². The summed E-state index contributed by atoms with van der Waals surface area (Å²) in [6.07, 6.45) is 8.93. The van der Waals surface area contributed by atoms with E-state index >= 15 is 0 Å². The zero-order chi connectivity index (χ0) is 18.9. The maximum atomic E-state index is 10.6. The van der Waals surface area contributed by atoms with Crippen molar-refractivity contribution in [3.8, 4) is 0 Å². The predicted molar refractivity (Wildman–Crippen MR) is 108 cm³/mol. The van der Waals surface area contributed by atoms with E-state index < -0.39 is 6.10 Å². The zero-order valence-corrected chi connectivity index (χ0v) is 20.0. The fourth-order valence-electron chi connectivity index (χ4n) is 3.58. The third-order valence-electron chi connectivity index (χ3n) is 4.80. The first-order valence-electron chi connectivity index (χ1n) is 8.87. The molecule has 27 heavy (non-hydrogen) atoms. The van der Waals surface area contributed by atoms with Gasteiger partial charge in [0, 0.05) is 45.1 Å². The SMILES string of the molecule is O=[C-]Nc1ccc(CC2CC[C@H]([C@H](O)c3cccnc3)C2)cc1Br.[CH2-]C.[Y]. The predicted octanol–water partition coefficient (Wildman–Crippen LogP) is 4.85. The number of aliphatic hydroxyl groups excluding tert-OH is 1. The van der Waals surface area contributed by atoms with Gasteiger partial charge >= 0.3 is 0 Å². The van der Waals surface area contributed by atoms with Crippen molar-refractivity contribution in [2.75, 3.05) is 5.32 Å². The summed E-state index contributed by atoms with van der Waals surface area (Å²) in [5.74, 6) is 0.873. The Bertz CT molecular complexity index is 700. The molecule has 0 spiro atoms. The van der Waals surface area contributed by atoms with Crippen molar-refractivity contribution in [1.82, 2.24) is 4.98 Å². The number of hydrogen-bond donors (Lipinski definition) is 2. The van der Waals surface area contributed by atoms with Crippen molar-refractivity contribution in [1.29, 1.82) is 0 Å². The molecular weight excluding hydrogens is 481 g/mol. The smallest absolute Gasteiger partial charge is 0.0833 e. The first kappa shape index (κ1) is 24.4. The fourth-order valence-corrected chi connectivity index (χ4v) is 4.11. The number of aromatic nitrogens is 1. The van der Waals surface area contributed by atoms with E-state index in [-0.39, 0.29) is 32.7 Å². The molecule has 0 aliphatic heterocycles. The minimum absolute atomic E-state index is 0. The zero-order valence-electron chi connectivity index (χ0n) is 15.6. The summed E-state index contributed by atoms with van der Waals surface area (Å²) in [5.41, 5.74) is 2.87. The van der Waals surface area contributed by atoms with Gasteiger partial charge < -0.3 is 22.1 Å². The molecule has 4 nitrogen and oxygen atoms in total. The summed E-state index contributed by atoms with van der Waals surface area (Å²) in [7, 11) is 0. The molecule has 6 heteroatoms. The van der Waals surface area contributed by atoms with E-state index in [2.05, 4.69) is 33.2 Å². The van der Waals surface area contributed by atoms with E-state index in [4.69, 9.17) is 0 Å². The number of benzene rings is 1. The first-order chi connectivity index (χ1) is 12.7. The molecule has 0 saturated heterocycles. The number of pyridine rings is 1. The van der Waals surface area contributed by atoms with Crippen LogP contribution in [0.5, 0.6) is 0 Å². The molecule has 3 rings (SSSR count). The quantitative estimate of drug-likeness (QED) is 0.435. The molecule has 1 aromatic carbocycles. The number of nitrogens with one attached hydrogen (secondary N) is 1. The van der Waals surface area contributed by atoms with Crippen molar-refractivity contribution in [3.05, 3.63) is 65.2 Å². The molecule has 1 fully saturated rings. The maximum absolute atomic E-state index is 10.6. The number of carbonyl (C=O) groups excluding carboxylic acids is 1. The summed E-state index contributed by atoms with van der Waals surface area (Å²) in [5, 5.41) is 13.1. The molecular formula is C21H25BrN2O2Y-2. The topological polar surface area (TPSA) is 62.2 Å². The number of anilines is 1. The van der Waals surface area contributed by atoms with Crippen LogP contribution in [0.15, 0.2) is 47.2 Å². The van der Waals surface area contributed by atoms with Gasteiger partial charge in [0.25, 0.3) is 0 Å². The average molecular weight is 506 g/mol. The number of rotatable bonds is 6. The molecule has 143 valence electrons. The van der Waals surface area contributed by atoms with Gasteiger partial charge in [-0.25, -0.2) is 0 Å². The minimum Gasteiger partial charge on any atom is -0.489 e. The Labute approximate surface area is 195 Å². The number of nitrogens with zero attached hydrogens (tertiary/aromatic N) is 1. The first-order valence-corrected chi connectivity index (χ1v) is 9.67. The second-order valence-corrected chi connectivity index (χ2v) is 7.27. The second kappa shape index (κ2) is 12.8. The summed E-state index contributed by atoms with van der Waals surface area (Å²) in [6.45, 7) is 5.00. The van der Waals surface area contributed by atoms with Gasteiger partial charge in [-0.1, -0.05) is 39.8 Å². The summed E-state index contributed by atoms with van der Waals surface area (Å²) in [6, 6.07) is 9.79. The summed E-state index contributed by atoms with van der Waals surface area (Å²) < 4.78 is 0.869.